The highest BCUT2D eigenvalue weighted by molar-refractivity contribution is 6.42. The highest BCUT2D eigenvalue weighted by atomic mass is 35.5. The minimum Gasteiger partial charge on any atom is -0.490 e. The molecule has 0 radical (unpaired) electrons. The van der Waals surface area contributed by atoms with Gasteiger partial charge in [0.1, 0.15) is 17.4 Å². The molecule has 1 atom stereocenters. The minimum absolute atomic E-state index is 0.444. The lowest BCUT2D eigenvalue weighted by atomic mass is 10.2. The largest absolute Gasteiger partial charge is 0.490 e. The molecule has 0 amide bonds. The molecule has 2 nitrogen and oxygen atoms in total. The van der Waals surface area contributed by atoms with E-state index in [1.165, 1.54) is 6.42 Å². The van der Waals surface area contributed by atoms with Crippen molar-refractivity contribution >= 4 is 23.2 Å². The van der Waals surface area contributed by atoms with E-state index < -0.39 is 0 Å². The fourth-order valence-electron chi connectivity index (χ4n) is 1.68. The molecule has 1 heterocycles. The molecule has 4 heteroatoms. The maximum atomic E-state index is 6.00. The number of nitrogens with one attached hydrogen (secondary N) is 1. The van der Waals surface area contributed by atoms with E-state index >= 15 is 0 Å². The van der Waals surface area contributed by atoms with Crippen LogP contribution in [0, 0.1) is 0 Å². The van der Waals surface area contributed by atoms with Crippen LogP contribution in [0.2, 0.25) is 10.0 Å². The van der Waals surface area contributed by atoms with Gasteiger partial charge in [-0.25, -0.2) is 0 Å². The van der Waals surface area contributed by atoms with Crippen molar-refractivity contribution in [3.63, 3.8) is 0 Å². The van der Waals surface area contributed by atoms with E-state index in [1.54, 1.807) is 6.07 Å². The third-order valence-corrected chi connectivity index (χ3v) is 3.32. The molecule has 0 spiro atoms. The van der Waals surface area contributed by atoms with E-state index in [2.05, 4.69) is 5.32 Å². The van der Waals surface area contributed by atoms with Crippen LogP contribution >= 0.6 is 23.2 Å². The molecule has 1 aliphatic heterocycles. The van der Waals surface area contributed by atoms with E-state index in [9.17, 15) is 0 Å². The van der Waals surface area contributed by atoms with Gasteiger partial charge in [-0.05, 0) is 31.5 Å². The second kappa shape index (κ2) is 5.06. The topological polar surface area (TPSA) is 21.3 Å². The number of benzene rings is 1. The number of halogens is 2. The first-order chi connectivity index (χ1) is 7.27. The molecular formula is C11H13Cl2NO. The van der Waals surface area contributed by atoms with Crippen LogP contribution in [0.15, 0.2) is 18.2 Å². The first-order valence-electron chi connectivity index (χ1n) is 5.07. The lowest BCUT2D eigenvalue weighted by molar-refractivity contribution is 0.277. The number of ether oxygens (including phenoxy) is 1. The van der Waals surface area contributed by atoms with Crippen molar-refractivity contribution in [3.05, 3.63) is 28.2 Å². The summed E-state index contributed by atoms with van der Waals surface area (Å²) in [5.74, 6) is 0.665. The van der Waals surface area contributed by atoms with E-state index in [0.717, 1.165) is 13.0 Å². The fraction of sp³-hybridized carbons (Fsp3) is 0.455. The Hall–Kier alpha value is -0.440. The lowest BCUT2D eigenvalue weighted by Crippen LogP contribution is -2.28. The summed E-state index contributed by atoms with van der Waals surface area (Å²) < 4.78 is 5.62. The second-order valence-corrected chi connectivity index (χ2v) is 4.44. The average molecular weight is 246 g/mol. The predicted molar refractivity (Wildman–Crippen MR) is 63.0 cm³/mol. The molecule has 0 unspecified atom stereocenters. The summed E-state index contributed by atoms with van der Waals surface area (Å²) in [7, 11) is 0. The zero-order chi connectivity index (χ0) is 10.7. The molecular weight excluding hydrogens is 233 g/mol. The van der Waals surface area contributed by atoms with Gasteiger partial charge in [0.15, 0.2) is 0 Å². The van der Waals surface area contributed by atoms with Gasteiger partial charge in [0.05, 0.1) is 5.02 Å². The van der Waals surface area contributed by atoms with Crippen molar-refractivity contribution in [1.29, 1.82) is 0 Å². The number of rotatable bonds is 3. The van der Waals surface area contributed by atoms with Crippen LogP contribution in [-0.2, 0) is 0 Å². The summed E-state index contributed by atoms with van der Waals surface area (Å²) in [5, 5.41) is 4.39. The van der Waals surface area contributed by atoms with E-state index in [1.807, 2.05) is 12.1 Å². The predicted octanol–water partition coefficient (Wildman–Crippen LogP) is 3.12. The first kappa shape index (κ1) is 11.1. The van der Waals surface area contributed by atoms with Crippen LogP contribution in [-0.4, -0.2) is 19.2 Å². The smallest absolute Gasteiger partial charge is 0.139 e. The minimum atomic E-state index is 0.444. The zero-order valence-corrected chi connectivity index (χ0v) is 9.81. The summed E-state index contributed by atoms with van der Waals surface area (Å²) in [4.78, 5) is 0. The molecule has 0 aromatic heterocycles. The third-order valence-electron chi connectivity index (χ3n) is 2.52. The lowest BCUT2D eigenvalue weighted by Gasteiger charge is -2.13. The van der Waals surface area contributed by atoms with Gasteiger partial charge in [0.25, 0.3) is 0 Å². The Morgan fingerprint density at radius 3 is 3.00 bits per heavy atom. The van der Waals surface area contributed by atoms with Gasteiger partial charge in [0.2, 0.25) is 0 Å². The van der Waals surface area contributed by atoms with Crippen molar-refractivity contribution in [1.82, 2.24) is 5.32 Å². The highest BCUT2D eigenvalue weighted by Gasteiger charge is 2.15. The van der Waals surface area contributed by atoms with Crippen LogP contribution in [0.1, 0.15) is 12.8 Å². The quantitative estimate of drug-likeness (QED) is 0.884. The van der Waals surface area contributed by atoms with E-state index in [-0.39, 0.29) is 0 Å². The molecule has 1 fully saturated rings. The van der Waals surface area contributed by atoms with Crippen molar-refractivity contribution in [3.8, 4) is 5.75 Å². The fourth-order valence-corrected chi connectivity index (χ4v) is 2.03. The number of hydrogen-bond acceptors (Lipinski definition) is 2. The van der Waals surface area contributed by atoms with Gasteiger partial charge in [-0.3, -0.25) is 0 Å². The summed E-state index contributed by atoms with van der Waals surface area (Å²) in [6.45, 7) is 1.73. The average Bonchev–Trinajstić information content (AvgIpc) is 2.73. The van der Waals surface area contributed by atoms with E-state index in [0.29, 0.717) is 28.4 Å². The summed E-state index contributed by atoms with van der Waals surface area (Å²) in [5.41, 5.74) is 0. The summed E-state index contributed by atoms with van der Waals surface area (Å²) in [6.07, 6.45) is 2.38. The monoisotopic (exact) mass is 245 g/mol. The SMILES string of the molecule is Clc1cccc(OC[C@H]2CCCN2)c1Cl. The van der Waals surface area contributed by atoms with Gasteiger partial charge in [-0.2, -0.15) is 0 Å². The summed E-state index contributed by atoms with van der Waals surface area (Å²) >= 11 is 11.9. The first-order valence-corrected chi connectivity index (χ1v) is 5.83. The van der Waals surface area contributed by atoms with Gasteiger partial charge in [-0.15, -0.1) is 0 Å². The Bertz CT molecular complexity index is 337. The summed E-state index contributed by atoms with van der Waals surface area (Å²) in [6, 6.07) is 5.87. The maximum Gasteiger partial charge on any atom is 0.139 e. The molecule has 1 saturated heterocycles. The Morgan fingerprint density at radius 2 is 2.27 bits per heavy atom. The number of hydrogen-bond donors (Lipinski definition) is 1. The Morgan fingerprint density at radius 1 is 1.40 bits per heavy atom. The van der Waals surface area contributed by atoms with Crippen LogP contribution in [0.4, 0.5) is 0 Å². The van der Waals surface area contributed by atoms with Gasteiger partial charge in [-0.1, -0.05) is 29.3 Å². The van der Waals surface area contributed by atoms with Crippen molar-refractivity contribution in [2.45, 2.75) is 18.9 Å². The maximum absolute atomic E-state index is 6.00. The molecule has 1 aliphatic rings. The highest BCUT2D eigenvalue weighted by Crippen LogP contribution is 2.31. The molecule has 1 N–H and O–H groups in total. The molecule has 2 rings (SSSR count). The van der Waals surface area contributed by atoms with Crippen molar-refractivity contribution < 1.29 is 4.74 Å². The third kappa shape index (κ3) is 2.77. The van der Waals surface area contributed by atoms with Gasteiger partial charge >= 0.3 is 0 Å². The molecule has 0 saturated carbocycles. The Kier molecular flexibility index (Phi) is 3.73. The molecule has 1 aromatic rings. The standard InChI is InChI=1S/C11H13Cl2NO/c12-9-4-1-5-10(11(9)13)15-7-8-3-2-6-14-8/h1,4-5,8,14H,2-3,6-7H2/t8-/m1/s1. The molecule has 0 bridgehead atoms. The normalized spacial score (nSPS) is 20.5. The van der Waals surface area contributed by atoms with E-state index in [4.69, 9.17) is 27.9 Å². The Labute approximate surface area is 99.5 Å². The molecule has 82 valence electrons. The van der Waals surface area contributed by atoms with Gasteiger partial charge in [0, 0.05) is 6.04 Å². The van der Waals surface area contributed by atoms with Crippen LogP contribution in [0.25, 0.3) is 0 Å². The van der Waals surface area contributed by atoms with Crippen LogP contribution in [0.5, 0.6) is 5.75 Å². The van der Waals surface area contributed by atoms with Crippen LogP contribution in [0.3, 0.4) is 0 Å². The Balaban J connectivity index is 1.95. The van der Waals surface area contributed by atoms with Crippen molar-refractivity contribution in [2.24, 2.45) is 0 Å². The molecule has 1 aromatic carbocycles. The van der Waals surface area contributed by atoms with Gasteiger partial charge < -0.3 is 10.1 Å². The van der Waals surface area contributed by atoms with Crippen LogP contribution < -0.4 is 10.1 Å². The second-order valence-electron chi connectivity index (χ2n) is 3.66. The zero-order valence-electron chi connectivity index (χ0n) is 8.30. The molecule has 0 aliphatic carbocycles. The van der Waals surface area contributed by atoms with Crippen molar-refractivity contribution in [2.75, 3.05) is 13.2 Å². The molecule has 15 heavy (non-hydrogen) atoms.